The molecule has 1 N–H and O–H groups in total. The van der Waals surface area contributed by atoms with Gasteiger partial charge < -0.3 is 19.4 Å². The van der Waals surface area contributed by atoms with Gasteiger partial charge in [0.1, 0.15) is 5.75 Å². The number of nitrogens with zero attached hydrogens (tertiary/aromatic N) is 1. The van der Waals surface area contributed by atoms with E-state index in [-0.39, 0.29) is 18.4 Å². The lowest BCUT2D eigenvalue weighted by molar-refractivity contribution is -0.119. The monoisotopic (exact) mass is 434 g/mol. The molecule has 0 saturated carbocycles. The highest BCUT2D eigenvalue weighted by Crippen LogP contribution is 2.35. The molecule has 0 saturated heterocycles. The van der Waals surface area contributed by atoms with Crippen LogP contribution in [0.25, 0.3) is 11.1 Å². The summed E-state index contributed by atoms with van der Waals surface area (Å²) >= 11 is 0. The second-order valence-electron chi connectivity index (χ2n) is 7.63. The average Bonchev–Trinajstić information content (AvgIpc) is 3.16. The second-order valence-corrected chi connectivity index (χ2v) is 7.63. The summed E-state index contributed by atoms with van der Waals surface area (Å²) in [4.78, 5) is 25.9. The molecule has 0 radical (unpaired) electrons. The Morgan fingerprint density at radius 3 is 2.31 bits per heavy atom. The largest absolute Gasteiger partial charge is 0.497 e. The molecule has 1 amide bonds. The number of carbonyl (C=O) groups excluding carboxylic acids is 2. The molecule has 1 atom stereocenters. The van der Waals surface area contributed by atoms with E-state index in [1.54, 1.807) is 14.0 Å². The first-order chi connectivity index (χ1) is 15.5. The van der Waals surface area contributed by atoms with Gasteiger partial charge in [0.05, 0.1) is 19.4 Å². The maximum atomic E-state index is 13.0. The Labute approximate surface area is 189 Å². The van der Waals surface area contributed by atoms with Gasteiger partial charge in [-0.3, -0.25) is 4.79 Å². The van der Waals surface area contributed by atoms with E-state index in [4.69, 9.17) is 9.47 Å². The fourth-order valence-electron chi connectivity index (χ4n) is 3.43. The van der Waals surface area contributed by atoms with E-state index in [0.29, 0.717) is 24.3 Å². The number of carbonyl (C=O) groups is 2. The van der Waals surface area contributed by atoms with Gasteiger partial charge in [-0.2, -0.15) is 0 Å². The van der Waals surface area contributed by atoms with Crippen molar-refractivity contribution in [2.45, 2.75) is 33.7 Å². The summed E-state index contributed by atoms with van der Waals surface area (Å²) in [5.41, 5.74) is 3.45. The van der Waals surface area contributed by atoms with Crippen molar-refractivity contribution in [2.24, 2.45) is 5.92 Å². The molecule has 32 heavy (non-hydrogen) atoms. The molecule has 6 heteroatoms. The van der Waals surface area contributed by atoms with Crippen molar-refractivity contribution < 1.29 is 19.1 Å². The third-order valence-corrected chi connectivity index (χ3v) is 5.45. The number of rotatable bonds is 9. The number of esters is 1. The topological polar surface area (TPSA) is 69.6 Å². The molecule has 6 nitrogen and oxygen atoms in total. The zero-order chi connectivity index (χ0) is 23.1. The van der Waals surface area contributed by atoms with Crippen LogP contribution in [0, 0.1) is 5.92 Å². The van der Waals surface area contributed by atoms with Crippen LogP contribution in [0.4, 0.5) is 5.69 Å². The maximum absolute atomic E-state index is 13.0. The summed E-state index contributed by atoms with van der Waals surface area (Å²) in [6.45, 7) is 6.31. The molecule has 168 valence electrons. The summed E-state index contributed by atoms with van der Waals surface area (Å²) in [6, 6.07) is 17.4. The zero-order valence-corrected chi connectivity index (χ0v) is 19.1. The predicted molar refractivity (Wildman–Crippen MR) is 126 cm³/mol. The third kappa shape index (κ3) is 5.19. The average molecular weight is 435 g/mol. The molecule has 1 aromatic heterocycles. The SMILES string of the molecule is CCOC(=O)c1c(NC(=O)[C@@H](C)CC)c(-c2ccc(OC)cc2)cn1Cc1ccccc1. The minimum Gasteiger partial charge on any atom is -0.497 e. The summed E-state index contributed by atoms with van der Waals surface area (Å²) in [5.74, 6) is -0.0626. The number of anilines is 1. The molecule has 0 spiro atoms. The van der Waals surface area contributed by atoms with Crippen molar-refractivity contribution in [3.05, 3.63) is 72.1 Å². The van der Waals surface area contributed by atoms with Crippen molar-refractivity contribution in [1.29, 1.82) is 0 Å². The predicted octanol–water partition coefficient (Wildman–Crippen LogP) is 5.37. The fraction of sp³-hybridized carbons (Fsp3) is 0.308. The third-order valence-electron chi connectivity index (χ3n) is 5.45. The zero-order valence-electron chi connectivity index (χ0n) is 19.1. The number of methoxy groups -OCH3 is 1. The summed E-state index contributed by atoms with van der Waals surface area (Å²) < 4.78 is 12.5. The van der Waals surface area contributed by atoms with Crippen LogP contribution in [0.2, 0.25) is 0 Å². The summed E-state index contributed by atoms with van der Waals surface area (Å²) in [5, 5.41) is 3.01. The van der Waals surface area contributed by atoms with Crippen LogP contribution < -0.4 is 10.1 Å². The van der Waals surface area contributed by atoms with E-state index in [2.05, 4.69) is 5.32 Å². The number of aromatic nitrogens is 1. The van der Waals surface area contributed by atoms with Crippen LogP contribution in [0.3, 0.4) is 0 Å². The van der Waals surface area contributed by atoms with E-state index in [9.17, 15) is 9.59 Å². The van der Waals surface area contributed by atoms with Gasteiger partial charge in [0.15, 0.2) is 5.69 Å². The molecule has 0 bridgehead atoms. The van der Waals surface area contributed by atoms with Crippen molar-refractivity contribution in [3.8, 4) is 16.9 Å². The van der Waals surface area contributed by atoms with Gasteiger partial charge in [-0.05, 0) is 36.6 Å². The van der Waals surface area contributed by atoms with E-state index >= 15 is 0 Å². The van der Waals surface area contributed by atoms with Gasteiger partial charge in [-0.1, -0.05) is 56.3 Å². The first-order valence-electron chi connectivity index (χ1n) is 10.9. The van der Waals surface area contributed by atoms with Crippen LogP contribution in [-0.2, 0) is 16.1 Å². The van der Waals surface area contributed by atoms with Crippen LogP contribution in [0.5, 0.6) is 5.75 Å². The minimum atomic E-state index is -0.470. The van der Waals surface area contributed by atoms with Crippen molar-refractivity contribution in [3.63, 3.8) is 0 Å². The quantitative estimate of drug-likeness (QED) is 0.460. The lowest BCUT2D eigenvalue weighted by Crippen LogP contribution is -2.22. The Balaban J connectivity index is 2.16. The first kappa shape index (κ1) is 23.1. The van der Waals surface area contributed by atoms with E-state index < -0.39 is 5.97 Å². The Hall–Kier alpha value is -3.54. The lowest BCUT2D eigenvalue weighted by atomic mass is 10.0. The number of ether oxygens (including phenoxy) is 2. The highest BCUT2D eigenvalue weighted by atomic mass is 16.5. The number of hydrogen-bond donors (Lipinski definition) is 1. The van der Waals surface area contributed by atoms with Crippen molar-refractivity contribution in [1.82, 2.24) is 4.57 Å². The van der Waals surface area contributed by atoms with E-state index in [1.165, 1.54) is 0 Å². The number of amides is 1. The maximum Gasteiger partial charge on any atom is 0.357 e. The molecule has 0 aliphatic carbocycles. The Bertz CT molecular complexity index is 1060. The van der Waals surface area contributed by atoms with Gasteiger partial charge in [-0.15, -0.1) is 0 Å². The van der Waals surface area contributed by atoms with E-state index in [1.807, 2.05) is 79.2 Å². The molecule has 0 unspecified atom stereocenters. The van der Waals surface area contributed by atoms with Crippen LogP contribution in [0.15, 0.2) is 60.8 Å². The van der Waals surface area contributed by atoms with Gasteiger partial charge in [0.2, 0.25) is 5.91 Å². The second kappa shape index (κ2) is 10.7. The normalized spacial score (nSPS) is 11.6. The minimum absolute atomic E-state index is 0.134. The molecule has 0 aliphatic rings. The van der Waals surface area contributed by atoms with Crippen molar-refractivity contribution in [2.75, 3.05) is 19.0 Å². The Morgan fingerprint density at radius 1 is 1.03 bits per heavy atom. The van der Waals surface area contributed by atoms with Crippen LogP contribution in [-0.4, -0.2) is 30.2 Å². The lowest BCUT2D eigenvalue weighted by Gasteiger charge is -2.14. The number of nitrogens with one attached hydrogen (secondary N) is 1. The van der Waals surface area contributed by atoms with Crippen LogP contribution >= 0.6 is 0 Å². The molecular weight excluding hydrogens is 404 g/mol. The van der Waals surface area contributed by atoms with Gasteiger partial charge in [0.25, 0.3) is 0 Å². The van der Waals surface area contributed by atoms with Gasteiger partial charge >= 0.3 is 5.97 Å². The van der Waals surface area contributed by atoms with E-state index in [0.717, 1.165) is 22.4 Å². The summed E-state index contributed by atoms with van der Waals surface area (Å²) in [6.07, 6.45) is 2.59. The molecule has 0 fully saturated rings. The molecule has 3 aromatic rings. The molecule has 0 aliphatic heterocycles. The van der Waals surface area contributed by atoms with Crippen molar-refractivity contribution >= 4 is 17.6 Å². The van der Waals surface area contributed by atoms with Gasteiger partial charge in [0, 0.05) is 24.2 Å². The number of benzene rings is 2. The molecule has 1 heterocycles. The fourth-order valence-corrected chi connectivity index (χ4v) is 3.43. The van der Waals surface area contributed by atoms with Crippen LogP contribution in [0.1, 0.15) is 43.2 Å². The summed E-state index contributed by atoms with van der Waals surface area (Å²) in [7, 11) is 1.61. The Morgan fingerprint density at radius 2 is 1.72 bits per heavy atom. The Kier molecular flexibility index (Phi) is 7.71. The first-order valence-corrected chi connectivity index (χ1v) is 10.9. The standard InChI is InChI=1S/C26H30N2O4/c1-5-18(3)25(29)27-23-22(20-12-14-21(31-4)15-13-20)17-28(24(23)26(30)32-6-2)16-19-10-8-7-9-11-19/h7-15,17-18H,5-6,16H2,1-4H3,(H,27,29)/t18-/m0/s1. The molecule has 3 rings (SSSR count). The van der Waals surface area contributed by atoms with Gasteiger partial charge in [-0.25, -0.2) is 4.79 Å². The molecular formula is C26H30N2O4. The highest BCUT2D eigenvalue weighted by Gasteiger charge is 2.26. The smallest absolute Gasteiger partial charge is 0.357 e. The molecule has 2 aromatic carbocycles. The highest BCUT2D eigenvalue weighted by molar-refractivity contribution is 6.06. The number of hydrogen-bond acceptors (Lipinski definition) is 4.